The maximum atomic E-state index is 6.63. The fourth-order valence-electron chi connectivity index (χ4n) is 9.75. The van der Waals surface area contributed by atoms with E-state index in [1.807, 2.05) is 0 Å². The van der Waals surface area contributed by atoms with Crippen molar-refractivity contribution in [2.24, 2.45) is 0 Å². The number of fused-ring (bicyclic) bond motifs is 11. The Labute approximate surface area is 345 Å². The summed E-state index contributed by atoms with van der Waals surface area (Å²) in [5, 5.41) is 8.41. The van der Waals surface area contributed by atoms with Crippen LogP contribution >= 0.6 is 0 Å². The van der Waals surface area contributed by atoms with Gasteiger partial charge in [-0.3, -0.25) is 4.57 Å². The Kier molecular flexibility index (Phi) is 6.98. The van der Waals surface area contributed by atoms with Gasteiger partial charge in [0.2, 0.25) is 5.71 Å². The third-order valence-electron chi connectivity index (χ3n) is 12.5. The molecule has 4 heteroatoms. The second-order valence-corrected chi connectivity index (χ2v) is 15.7. The van der Waals surface area contributed by atoms with Crippen LogP contribution in [0.1, 0.15) is 0 Å². The van der Waals surface area contributed by atoms with E-state index in [4.69, 9.17) is 4.42 Å². The van der Waals surface area contributed by atoms with Gasteiger partial charge in [0.25, 0.3) is 0 Å². The zero-order valence-electron chi connectivity index (χ0n) is 32.5. The van der Waals surface area contributed by atoms with Crippen LogP contribution in [0.3, 0.4) is 0 Å². The van der Waals surface area contributed by atoms with Crippen LogP contribution in [0.5, 0.6) is 0 Å². The van der Waals surface area contributed by atoms with Crippen LogP contribution in [-0.4, -0.2) is 13.7 Å². The third-order valence-corrected chi connectivity index (χ3v) is 12.5. The summed E-state index contributed by atoms with van der Waals surface area (Å²) in [7, 11) is 0. The van der Waals surface area contributed by atoms with Gasteiger partial charge in [0, 0.05) is 49.4 Å². The molecule has 0 aliphatic carbocycles. The first-order valence-corrected chi connectivity index (χ1v) is 20.5. The summed E-state index contributed by atoms with van der Waals surface area (Å²) in [5.74, 6) is 0. The van der Waals surface area contributed by atoms with E-state index in [0.717, 1.165) is 55.8 Å². The molecule has 0 saturated heterocycles. The second kappa shape index (κ2) is 12.7. The van der Waals surface area contributed by atoms with Crippen LogP contribution in [0.2, 0.25) is 0 Å². The van der Waals surface area contributed by atoms with Crippen molar-refractivity contribution in [1.82, 2.24) is 13.7 Å². The van der Waals surface area contributed by atoms with E-state index in [1.54, 1.807) is 0 Å². The molecule has 0 bridgehead atoms. The number of para-hydroxylation sites is 4. The predicted molar refractivity (Wildman–Crippen MR) is 250 cm³/mol. The number of benzene rings is 9. The van der Waals surface area contributed by atoms with E-state index in [-0.39, 0.29) is 0 Å². The molecule has 280 valence electrons. The summed E-state index contributed by atoms with van der Waals surface area (Å²) in [4.78, 5) is 0. The molecule has 0 aliphatic heterocycles. The molecule has 0 amide bonds. The summed E-state index contributed by atoms with van der Waals surface area (Å²) in [6, 6.07) is 76.7. The molecule has 0 N–H and O–H groups in total. The molecule has 0 aliphatic rings. The summed E-state index contributed by atoms with van der Waals surface area (Å²) in [5.41, 5.74) is 15.7. The molecular weight excluding hydrogens is 731 g/mol. The molecule has 4 aromatic heterocycles. The van der Waals surface area contributed by atoms with E-state index < -0.39 is 0 Å². The Morgan fingerprint density at radius 2 is 0.717 bits per heavy atom. The van der Waals surface area contributed by atoms with Gasteiger partial charge in [-0.1, -0.05) is 127 Å². The molecule has 0 fully saturated rings. The molecule has 0 unspecified atom stereocenters. The lowest BCUT2D eigenvalue weighted by atomic mass is 10.0. The van der Waals surface area contributed by atoms with Crippen LogP contribution in [0.15, 0.2) is 217 Å². The average Bonchev–Trinajstić information content (AvgIpc) is 4.05. The van der Waals surface area contributed by atoms with Crippen molar-refractivity contribution in [1.29, 1.82) is 0 Å². The number of aromatic nitrogens is 3. The van der Waals surface area contributed by atoms with Crippen LogP contribution < -0.4 is 0 Å². The first-order chi connectivity index (χ1) is 29.8. The Morgan fingerprint density at radius 3 is 1.42 bits per heavy atom. The fraction of sp³-hybridized carbons (Fsp3) is 0. The minimum Gasteiger partial charge on any atom is -0.439 e. The van der Waals surface area contributed by atoms with Gasteiger partial charge in [0.05, 0.1) is 33.0 Å². The predicted octanol–water partition coefficient (Wildman–Crippen LogP) is 15.1. The number of nitrogens with zero attached hydrogens (tertiary/aromatic N) is 3. The molecular formula is C56H35N3O. The number of hydrogen-bond acceptors (Lipinski definition) is 1. The lowest BCUT2D eigenvalue weighted by Gasteiger charge is -2.11. The molecule has 0 saturated carbocycles. The first-order valence-electron chi connectivity index (χ1n) is 20.5. The molecule has 0 radical (unpaired) electrons. The lowest BCUT2D eigenvalue weighted by Crippen LogP contribution is -1.96. The molecule has 4 heterocycles. The van der Waals surface area contributed by atoms with Crippen molar-refractivity contribution in [3.05, 3.63) is 212 Å². The van der Waals surface area contributed by atoms with Crippen LogP contribution in [0.25, 0.3) is 116 Å². The molecule has 9 aromatic carbocycles. The fourth-order valence-corrected chi connectivity index (χ4v) is 9.75. The molecule has 13 aromatic rings. The molecule has 4 nitrogen and oxygen atoms in total. The van der Waals surface area contributed by atoms with Crippen molar-refractivity contribution in [2.75, 3.05) is 0 Å². The highest BCUT2D eigenvalue weighted by Gasteiger charge is 2.21. The topological polar surface area (TPSA) is 27.9 Å². The minimum absolute atomic E-state index is 0.869. The highest BCUT2D eigenvalue weighted by atomic mass is 16.3. The van der Waals surface area contributed by atoms with Crippen molar-refractivity contribution >= 4 is 76.6 Å². The quantitative estimate of drug-likeness (QED) is 0.171. The standard InChI is InChI=1S/C56H35N3O/c1-3-13-36(14-4-1)38-25-30-52-46(33-38)47-35-42(58-49-20-10-7-17-43(49)44-18-8-11-21-50(44)58)29-31-53(47)57(52)41-27-23-37(24-28-41)39-26-32-54-48(34-39)55-45-19-9-12-22-51(45)59(56(55)60-54)40-15-5-2-6-16-40/h1-35H. The largest absolute Gasteiger partial charge is 0.439 e. The van der Waals surface area contributed by atoms with Gasteiger partial charge in [-0.2, -0.15) is 0 Å². The Hall–Kier alpha value is -8.08. The SMILES string of the molecule is c1ccc(-c2ccc3c(c2)c2cc(-n4c5ccccc5c5ccccc54)ccc2n3-c2ccc(-c3ccc4oc5c(c4c3)c3ccccc3n5-c3ccccc3)cc2)cc1. The summed E-state index contributed by atoms with van der Waals surface area (Å²) in [6.45, 7) is 0. The average molecular weight is 766 g/mol. The summed E-state index contributed by atoms with van der Waals surface area (Å²) in [6.07, 6.45) is 0. The first kappa shape index (κ1) is 32.9. The van der Waals surface area contributed by atoms with E-state index in [1.165, 1.54) is 60.1 Å². The number of rotatable bonds is 5. The van der Waals surface area contributed by atoms with Gasteiger partial charge in [-0.05, 0) is 107 Å². The Balaban J connectivity index is 0.969. The minimum atomic E-state index is 0.869. The van der Waals surface area contributed by atoms with Gasteiger partial charge >= 0.3 is 0 Å². The normalized spacial score (nSPS) is 12.0. The smallest absolute Gasteiger partial charge is 0.213 e. The third kappa shape index (κ3) is 4.79. The zero-order chi connectivity index (χ0) is 39.3. The Morgan fingerprint density at radius 1 is 0.267 bits per heavy atom. The Bertz CT molecular complexity index is 3750. The van der Waals surface area contributed by atoms with Gasteiger partial charge in [0.15, 0.2) is 0 Å². The van der Waals surface area contributed by atoms with E-state index in [0.29, 0.717) is 0 Å². The lowest BCUT2D eigenvalue weighted by molar-refractivity contribution is 0.645. The monoisotopic (exact) mass is 765 g/mol. The summed E-state index contributed by atoms with van der Waals surface area (Å²) < 4.78 is 13.7. The summed E-state index contributed by atoms with van der Waals surface area (Å²) >= 11 is 0. The molecule has 13 rings (SSSR count). The van der Waals surface area contributed by atoms with Gasteiger partial charge in [-0.25, -0.2) is 0 Å². The van der Waals surface area contributed by atoms with Crippen molar-refractivity contribution in [3.8, 4) is 39.3 Å². The van der Waals surface area contributed by atoms with Crippen molar-refractivity contribution < 1.29 is 4.42 Å². The van der Waals surface area contributed by atoms with Gasteiger partial charge < -0.3 is 13.6 Å². The molecule has 0 atom stereocenters. The van der Waals surface area contributed by atoms with Gasteiger partial charge in [0.1, 0.15) is 5.58 Å². The van der Waals surface area contributed by atoms with Crippen LogP contribution in [0.4, 0.5) is 0 Å². The molecule has 60 heavy (non-hydrogen) atoms. The molecule has 0 spiro atoms. The number of furan rings is 1. The number of hydrogen-bond donors (Lipinski definition) is 0. The van der Waals surface area contributed by atoms with Crippen LogP contribution in [-0.2, 0) is 0 Å². The van der Waals surface area contributed by atoms with Crippen LogP contribution in [0, 0.1) is 0 Å². The van der Waals surface area contributed by atoms with E-state index in [9.17, 15) is 0 Å². The maximum absolute atomic E-state index is 6.63. The van der Waals surface area contributed by atoms with E-state index >= 15 is 0 Å². The van der Waals surface area contributed by atoms with E-state index in [2.05, 4.69) is 226 Å². The van der Waals surface area contributed by atoms with Crippen molar-refractivity contribution in [2.45, 2.75) is 0 Å². The zero-order valence-corrected chi connectivity index (χ0v) is 32.5. The van der Waals surface area contributed by atoms with Crippen molar-refractivity contribution in [3.63, 3.8) is 0 Å². The maximum Gasteiger partial charge on any atom is 0.213 e. The second-order valence-electron chi connectivity index (χ2n) is 15.7. The highest BCUT2D eigenvalue weighted by molar-refractivity contribution is 6.20. The van der Waals surface area contributed by atoms with Gasteiger partial charge in [-0.15, -0.1) is 0 Å². The highest BCUT2D eigenvalue weighted by Crippen LogP contribution is 2.42.